The highest BCUT2D eigenvalue weighted by Crippen LogP contribution is 2.24. The summed E-state index contributed by atoms with van der Waals surface area (Å²) in [7, 11) is 0. The first-order valence-electron chi connectivity index (χ1n) is 5.90. The molecule has 0 aliphatic carbocycles. The fraction of sp³-hybridized carbons (Fsp3) is 0.0714. The second-order valence-corrected chi connectivity index (χ2v) is 4.72. The van der Waals surface area contributed by atoms with E-state index in [0.717, 1.165) is 6.07 Å². The predicted octanol–water partition coefficient (Wildman–Crippen LogP) is 3.95. The number of nitro benzene ring substituents is 1. The van der Waals surface area contributed by atoms with Gasteiger partial charge in [-0.2, -0.15) is 0 Å². The SMILES string of the molecule is Cc1c(C(=O)Nc2cc(Cl)ccc2F)cccc1[N+](=O)[O-]. The first-order valence-corrected chi connectivity index (χ1v) is 6.28. The van der Waals surface area contributed by atoms with Crippen LogP contribution in [0.3, 0.4) is 0 Å². The van der Waals surface area contributed by atoms with Crippen LogP contribution >= 0.6 is 11.6 Å². The third kappa shape index (κ3) is 3.17. The van der Waals surface area contributed by atoms with Crippen molar-refractivity contribution in [2.24, 2.45) is 0 Å². The molecule has 0 spiro atoms. The van der Waals surface area contributed by atoms with E-state index in [4.69, 9.17) is 11.6 Å². The van der Waals surface area contributed by atoms with Crippen LogP contribution in [0.2, 0.25) is 5.02 Å². The molecule has 2 aromatic rings. The van der Waals surface area contributed by atoms with E-state index in [-0.39, 0.29) is 27.5 Å². The molecule has 0 aromatic heterocycles. The van der Waals surface area contributed by atoms with Gasteiger partial charge in [0.1, 0.15) is 5.82 Å². The van der Waals surface area contributed by atoms with Gasteiger partial charge in [-0.25, -0.2) is 4.39 Å². The van der Waals surface area contributed by atoms with Gasteiger partial charge in [0.05, 0.1) is 10.6 Å². The Morgan fingerprint density at radius 2 is 2.05 bits per heavy atom. The van der Waals surface area contributed by atoms with Gasteiger partial charge in [0, 0.05) is 22.2 Å². The number of hydrogen-bond donors (Lipinski definition) is 1. The Balaban J connectivity index is 2.35. The molecule has 0 aliphatic rings. The molecule has 0 saturated heterocycles. The summed E-state index contributed by atoms with van der Waals surface area (Å²) in [5.74, 6) is -1.28. The van der Waals surface area contributed by atoms with E-state index < -0.39 is 16.6 Å². The number of amides is 1. The van der Waals surface area contributed by atoms with Gasteiger partial charge in [-0.3, -0.25) is 14.9 Å². The highest BCUT2D eigenvalue weighted by molar-refractivity contribution is 6.31. The number of nitrogens with one attached hydrogen (secondary N) is 1. The lowest BCUT2D eigenvalue weighted by molar-refractivity contribution is -0.385. The van der Waals surface area contributed by atoms with Crippen LogP contribution in [0.15, 0.2) is 36.4 Å². The molecule has 2 rings (SSSR count). The number of benzene rings is 2. The second-order valence-electron chi connectivity index (χ2n) is 4.29. The Labute approximate surface area is 124 Å². The van der Waals surface area contributed by atoms with Gasteiger partial charge >= 0.3 is 0 Å². The lowest BCUT2D eigenvalue weighted by atomic mass is 10.1. The van der Waals surface area contributed by atoms with Gasteiger partial charge in [-0.05, 0) is 31.2 Å². The zero-order valence-electron chi connectivity index (χ0n) is 10.9. The molecule has 2 aromatic carbocycles. The van der Waals surface area contributed by atoms with Crippen LogP contribution in [-0.4, -0.2) is 10.8 Å². The van der Waals surface area contributed by atoms with E-state index in [1.54, 1.807) is 0 Å². The molecular formula is C14H10ClFN2O3. The molecule has 0 radical (unpaired) electrons. The molecule has 0 fully saturated rings. The van der Waals surface area contributed by atoms with Crippen molar-refractivity contribution in [2.45, 2.75) is 6.92 Å². The summed E-state index contributed by atoms with van der Waals surface area (Å²) in [6.07, 6.45) is 0. The molecule has 0 aliphatic heterocycles. The second kappa shape index (κ2) is 5.88. The van der Waals surface area contributed by atoms with E-state index in [1.807, 2.05) is 0 Å². The number of carbonyl (C=O) groups excluding carboxylic acids is 1. The number of anilines is 1. The van der Waals surface area contributed by atoms with Crippen molar-refractivity contribution in [2.75, 3.05) is 5.32 Å². The summed E-state index contributed by atoms with van der Waals surface area (Å²) < 4.78 is 13.6. The number of nitro groups is 1. The first kappa shape index (κ1) is 14.9. The molecule has 0 atom stereocenters. The summed E-state index contributed by atoms with van der Waals surface area (Å²) >= 11 is 5.74. The zero-order chi connectivity index (χ0) is 15.6. The largest absolute Gasteiger partial charge is 0.319 e. The monoisotopic (exact) mass is 308 g/mol. The molecule has 5 nitrogen and oxygen atoms in total. The number of carbonyl (C=O) groups is 1. The topological polar surface area (TPSA) is 72.2 Å². The first-order chi connectivity index (χ1) is 9.90. The van der Waals surface area contributed by atoms with Crippen LogP contribution < -0.4 is 5.32 Å². The average molecular weight is 309 g/mol. The quantitative estimate of drug-likeness (QED) is 0.689. The van der Waals surface area contributed by atoms with Crippen molar-refractivity contribution in [1.82, 2.24) is 0 Å². The molecule has 21 heavy (non-hydrogen) atoms. The number of rotatable bonds is 3. The van der Waals surface area contributed by atoms with Crippen molar-refractivity contribution in [3.05, 3.63) is 68.5 Å². The molecule has 0 saturated carbocycles. The van der Waals surface area contributed by atoms with Crippen molar-refractivity contribution in [3.63, 3.8) is 0 Å². The van der Waals surface area contributed by atoms with Gasteiger partial charge in [0.25, 0.3) is 11.6 Å². The maximum Gasteiger partial charge on any atom is 0.273 e. The summed E-state index contributed by atoms with van der Waals surface area (Å²) in [5, 5.41) is 13.5. The standard InChI is InChI=1S/C14H10ClFN2O3/c1-8-10(3-2-4-13(8)18(20)21)14(19)17-12-7-9(15)5-6-11(12)16/h2-7H,1H3,(H,17,19). The molecule has 108 valence electrons. The van der Waals surface area contributed by atoms with Crippen LogP contribution in [0, 0.1) is 22.9 Å². The van der Waals surface area contributed by atoms with E-state index in [1.165, 1.54) is 37.3 Å². The number of hydrogen-bond acceptors (Lipinski definition) is 3. The minimum absolute atomic E-state index is 0.0848. The maximum atomic E-state index is 13.6. The lowest BCUT2D eigenvalue weighted by Crippen LogP contribution is -2.15. The summed E-state index contributed by atoms with van der Waals surface area (Å²) in [6, 6.07) is 7.87. The molecule has 0 unspecified atom stereocenters. The third-order valence-corrected chi connectivity index (χ3v) is 3.16. The number of nitrogens with zero attached hydrogens (tertiary/aromatic N) is 1. The summed E-state index contributed by atoms with van der Waals surface area (Å²) in [4.78, 5) is 22.4. The van der Waals surface area contributed by atoms with E-state index in [0.29, 0.717) is 0 Å². The fourth-order valence-electron chi connectivity index (χ4n) is 1.85. The molecule has 1 N–H and O–H groups in total. The van der Waals surface area contributed by atoms with Crippen LogP contribution in [0.4, 0.5) is 15.8 Å². The Morgan fingerprint density at radius 1 is 1.33 bits per heavy atom. The van der Waals surface area contributed by atoms with Crippen molar-refractivity contribution < 1.29 is 14.1 Å². The highest BCUT2D eigenvalue weighted by Gasteiger charge is 2.18. The van der Waals surface area contributed by atoms with Gasteiger partial charge in [0.2, 0.25) is 0 Å². The maximum absolute atomic E-state index is 13.6. The van der Waals surface area contributed by atoms with E-state index in [2.05, 4.69) is 5.32 Å². The lowest BCUT2D eigenvalue weighted by Gasteiger charge is -2.09. The predicted molar refractivity (Wildman–Crippen MR) is 77.2 cm³/mol. The minimum Gasteiger partial charge on any atom is -0.319 e. The van der Waals surface area contributed by atoms with Crippen LogP contribution in [0.1, 0.15) is 15.9 Å². The number of halogens is 2. The van der Waals surface area contributed by atoms with Gasteiger partial charge in [-0.15, -0.1) is 0 Å². The normalized spacial score (nSPS) is 10.2. The fourth-order valence-corrected chi connectivity index (χ4v) is 2.02. The Morgan fingerprint density at radius 3 is 2.71 bits per heavy atom. The van der Waals surface area contributed by atoms with Crippen LogP contribution in [0.5, 0.6) is 0 Å². The van der Waals surface area contributed by atoms with Gasteiger partial charge in [0.15, 0.2) is 0 Å². The van der Waals surface area contributed by atoms with Crippen LogP contribution in [-0.2, 0) is 0 Å². The van der Waals surface area contributed by atoms with Crippen molar-refractivity contribution in [3.8, 4) is 0 Å². The molecular weight excluding hydrogens is 299 g/mol. The molecule has 7 heteroatoms. The third-order valence-electron chi connectivity index (χ3n) is 2.92. The van der Waals surface area contributed by atoms with E-state index >= 15 is 0 Å². The van der Waals surface area contributed by atoms with Crippen LogP contribution in [0.25, 0.3) is 0 Å². The molecule has 0 bridgehead atoms. The van der Waals surface area contributed by atoms with Gasteiger partial charge < -0.3 is 5.32 Å². The van der Waals surface area contributed by atoms with Crippen molar-refractivity contribution in [1.29, 1.82) is 0 Å². The van der Waals surface area contributed by atoms with Gasteiger partial charge in [-0.1, -0.05) is 17.7 Å². The molecule has 1 amide bonds. The highest BCUT2D eigenvalue weighted by atomic mass is 35.5. The average Bonchev–Trinajstić information content (AvgIpc) is 2.42. The smallest absolute Gasteiger partial charge is 0.273 e. The Kier molecular flexibility index (Phi) is 4.18. The minimum atomic E-state index is -0.643. The Bertz CT molecular complexity index is 734. The Hall–Kier alpha value is -2.47. The zero-order valence-corrected chi connectivity index (χ0v) is 11.6. The summed E-state index contributed by atoms with van der Waals surface area (Å²) in [6.45, 7) is 1.46. The summed E-state index contributed by atoms with van der Waals surface area (Å²) in [5.41, 5.74) is 0.0543. The van der Waals surface area contributed by atoms with Crippen molar-refractivity contribution >= 4 is 28.9 Å². The molecule has 0 heterocycles. The van der Waals surface area contributed by atoms with E-state index in [9.17, 15) is 19.3 Å².